The highest BCUT2D eigenvalue weighted by atomic mass is 35.5. The first-order chi connectivity index (χ1) is 10.0. The van der Waals surface area contributed by atoms with Gasteiger partial charge in [0.2, 0.25) is 0 Å². The van der Waals surface area contributed by atoms with Crippen molar-refractivity contribution in [1.29, 1.82) is 0 Å². The number of fused-ring (bicyclic) bond motifs is 1. The molecule has 2 rings (SSSR count). The Morgan fingerprint density at radius 3 is 3.00 bits per heavy atom. The first-order valence-corrected chi connectivity index (χ1v) is 6.87. The van der Waals surface area contributed by atoms with Gasteiger partial charge in [-0.3, -0.25) is 4.79 Å². The Labute approximate surface area is 126 Å². The van der Waals surface area contributed by atoms with Gasteiger partial charge < -0.3 is 15.6 Å². The zero-order valence-electron chi connectivity index (χ0n) is 11.4. The third-order valence-corrected chi connectivity index (χ3v) is 3.31. The van der Waals surface area contributed by atoms with Crippen LogP contribution in [0.5, 0.6) is 0 Å². The molecule has 5 nitrogen and oxygen atoms in total. The van der Waals surface area contributed by atoms with Crippen LogP contribution in [0.4, 0.5) is 4.39 Å². The molecule has 0 unspecified atom stereocenters. The lowest BCUT2D eigenvalue weighted by Crippen LogP contribution is -2.27. The molecule has 0 bridgehead atoms. The van der Waals surface area contributed by atoms with Gasteiger partial charge in [-0.25, -0.2) is 9.37 Å². The summed E-state index contributed by atoms with van der Waals surface area (Å²) < 4.78 is 14.3. The van der Waals surface area contributed by atoms with E-state index in [0.717, 1.165) is 5.39 Å². The molecule has 0 saturated heterocycles. The van der Waals surface area contributed by atoms with Gasteiger partial charge in [-0.15, -0.1) is 0 Å². The summed E-state index contributed by atoms with van der Waals surface area (Å²) in [6.07, 6.45) is 1.66. The van der Waals surface area contributed by atoms with Gasteiger partial charge in [0.15, 0.2) is 5.15 Å². The number of pyridine rings is 1. The van der Waals surface area contributed by atoms with Crippen molar-refractivity contribution in [1.82, 2.24) is 14.9 Å². The Morgan fingerprint density at radius 2 is 2.33 bits per heavy atom. The molecule has 2 aromatic heterocycles. The number of aromatic nitrogens is 2. The summed E-state index contributed by atoms with van der Waals surface area (Å²) in [7, 11) is 0. The topological polar surface area (TPSA) is 72.9 Å². The van der Waals surface area contributed by atoms with Gasteiger partial charge in [0.1, 0.15) is 5.69 Å². The molecule has 0 spiro atoms. The number of halogens is 2. The summed E-state index contributed by atoms with van der Waals surface area (Å²) in [5, 5.41) is 3.77. The van der Waals surface area contributed by atoms with E-state index in [2.05, 4.69) is 16.9 Å². The Morgan fingerprint density at radius 1 is 1.57 bits per heavy atom. The van der Waals surface area contributed by atoms with Gasteiger partial charge in [0.25, 0.3) is 5.91 Å². The standard InChI is InChI=1S/C14H16ClFN4O/c1-9(16)2-5-19-14(21)11-8-10-3-6-18-13(15)12(10)20(11)7-4-17/h3,6,8H,1-2,4-5,7,17H2,(H,19,21). The van der Waals surface area contributed by atoms with Gasteiger partial charge in [-0.1, -0.05) is 18.2 Å². The molecule has 3 N–H and O–H groups in total. The Hall–Kier alpha value is -1.92. The Balaban J connectivity index is 2.34. The molecule has 0 aliphatic heterocycles. The molecule has 0 atom stereocenters. The van der Waals surface area contributed by atoms with E-state index in [1.54, 1.807) is 22.9 Å². The van der Waals surface area contributed by atoms with Crippen LogP contribution in [0.2, 0.25) is 5.15 Å². The molecular weight excluding hydrogens is 295 g/mol. The summed E-state index contributed by atoms with van der Waals surface area (Å²) in [6, 6.07) is 3.49. The van der Waals surface area contributed by atoms with Crippen molar-refractivity contribution >= 4 is 28.4 Å². The molecule has 0 saturated carbocycles. The smallest absolute Gasteiger partial charge is 0.267 e. The molecule has 112 valence electrons. The number of carbonyl (C=O) groups is 1. The summed E-state index contributed by atoms with van der Waals surface area (Å²) in [5.74, 6) is -0.776. The second kappa shape index (κ2) is 6.69. The number of nitrogens with two attached hydrogens (primary N) is 1. The fourth-order valence-electron chi connectivity index (χ4n) is 2.12. The number of rotatable bonds is 6. The first kappa shape index (κ1) is 15.5. The minimum atomic E-state index is -0.468. The van der Waals surface area contributed by atoms with Crippen molar-refractivity contribution in [3.8, 4) is 0 Å². The molecule has 0 radical (unpaired) electrons. The fourth-order valence-corrected chi connectivity index (χ4v) is 2.39. The second-order valence-corrected chi connectivity index (χ2v) is 4.89. The zero-order chi connectivity index (χ0) is 15.4. The van der Waals surface area contributed by atoms with Crippen molar-refractivity contribution in [2.24, 2.45) is 5.73 Å². The average molecular weight is 311 g/mol. The number of hydrogen-bond donors (Lipinski definition) is 2. The Kier molecular flexibility index (Phi) is 4.93. The fraction of sp³-hybridized carbons (Fsp3) is 0.286. The monoisotopic (exact) mass is 310 g/mol. The second-order valence-electron chi connectivity index (χ2n) is 4.53. The van der Waals surface area contributed by atoms with E-state index < -0.39 is 5.83 Å². The maximum absolute atomic E-state index is 12.6. The highest BCUT2D eigenvalue weighted by Gasteiger charge is 2.17. The molecule has 2 heterocycles. The maximum Gasteiger partial charge on any atom is 0.267 e. The van der Waals surface area contributed by atoms with E-state index in [-0.39, 0.29) is 18.9 Å². The van der Waals surface area contributed by atoms with Crippen LogP contribution < -0.4 is 11.1 Å². The van der Waals surface area contributed by atoms with E-state index in [4.69, 9.17) is 17.3 Å². The third-order valence-electron chi connectivity index (χ3n) is 3.03. The van der Waals surface area contributed by atoms with Crippen molar-refractivity contribution in [3.63, 3.8) is 0 Å². The minimum Gasteiger partial charge on any atom is -0.350 e. The average Bonchev–Trinajstić information content (AvgIpc) is 2.79. The molecule has 0 aliphatic carbocycles. The van der Waals surface area contributed by atoms with Crippen LogP contribution in [-0.2, 0) is 6.54 Å². The predicted molar refractivity (Wildman–Crippen MR) is 81.0 cm³/mol. The van der Waals surface area contributed by atoms with Gasteiger partial charge in [0, 0.05) is 37.6 Å². The van der Waals surface area contributed by atoms with Crippen molar-refractivity contribution in [2.75, 3.05) is 13.1 Å². The summed E-state index contributed by atoms with van der Waals surface area (Å²) in [4.78, 5) is 16.2. The molecule has 0 aliphatic rings. The molecule has 2 aromatic rings. The normalized spacial score (nSPS) is 10.8. The van der Waals surface area contributed by atoms with Gasteiger partial charge in [-0.2, -0.15) is 0 Å². The highest BCUT2D eigenvalue weighted by Crippen LogP contribution is 2.25. The maximum atomic E-state index is 12.6. The first-order valence-electron chi connectivity index (χ1n) is 6.50. The minimum absolute atomic E-state index is 0.0885. The summed E-state index contributed by atoms with van der Waals surface area (Å²) >= 11 is 6.10. The Bertz CT molecular complexity index is 683. The van der Waals surface area contributed by atoms with Crippen molar-refractivity contribution < 1.29 is 9.18 Å². The zero-order valence-corrected chi connectivity index (χ0v) is 12.2. The molecule has 21 heavy (non-hydrogen) atoms. The van der Waals surface area contributed by atoms with Crippen LogP contribution in [0.15, 0.2) is 30.7 Å². The van der Waals surface area contributed by atoms with E-state index >= 15 is 0 Å². The third kappa shape index (κ3) is 3.40. The number of hydrogen-bond acceptors (Lipinski definition) is 3. The molecule has 0 aromatic carbocycles. The molecular formula is C14H16ClFN4O. The van der Waals surface area contributed by atoms with Gasteiger partial charge in [0.05, 0.1) is 11.3 Å². The highest BCUT2D eigenvalue weighted by molar-refractivity contribution is 6.34. The van der Waals surface area contributed by atoms with Crippen LogP contribution in [0.3, 0.4) is 0 Å². The number of nitrogens with zero attached hydrogens (tertiary/aromatic N) is 2. The molecule has 1 amide bonds. The predicted octanol–water partition coefficient (Wildman–Crippen LogP) is 2.25. The van der Waals surface area contributed by atoms with E-state index in [1.807, 2.05) is 0 Å². The number of nitrogens with one attached hydrogen (secondary N) is 1. The van der Waals surface area contributed by atoms with E-state index in [1.165, 1.54) is 0 Å². The lowest BCUT2D eigenvalue weighted by molar-refractivity contribution is 0.0945. The van der Waals surface area contributed by atoms with Crippen LogP contribution in [0.25, 0.3) is 10.9 Å². The number of carbonyl (C=O) groups excluding carboxylic acids is 1. The van der Waals surface area contributed by atoms with E-state index in [9.17, 15) is 9.18 Å². The van der Waals surface area contributed by atoms with Crippen molar-refractivity contribution in [2.45, 2.75) is 13.0 Å². The van der Waals surface area contributed by atoms with Crippen molar-refractivity contribution in [3.05, 3.63) is 41.6 Å². The van der Waals surface area contributed by atoms with E-state index in [0.29, 0.717) is 29.5 Å². The molecule has 0 fully saturated rings. The van der Waals surface area contributed by atoms with Gasteiger partial charge in [-0.05, 0) is 12.1 Å². The van der Waals surface area contributed by atoms with Gasteiger partial charge >= 0.3 is 0 Å². The number of amides is 1. The summed E-state index contributed by atoms with van der Waals surface area (Å²) in [5.41, 5.74) is 6.69. The lowest BCUT2D eigenvalue weighted by atomic mass is 10.3. The van der Waals surface area contributed by atoms with Crippen LogP contribution in [-0.4, -0.2) is 28.5 Å². The van der Waals surface area contributed by atoms with Crippen LogP contribution in [0, 0.1) is 0 Å². The largest absolute Gasteiger partial charge is 0.350 e. The van der Waals surface area contributed by atoms with Crippen LogP contribution >= 0.6 is 11.6 Å². The lowest BCUT2D eigenvalue weighted by Gasteiger charge is -2.10. The SMILES string of the molecule is C=C(F)CCNC(=O)c1cc2ccnc(Cl)c2n1CCN. The molecule has 7 heteroatoms. The summed E-state index contributed by atoms with van der Waals surface area (Å²) in [6.45, 7) is 4.13. The van der Waals surface area contributed by atoms with Crippen LogP contribution in [0.1, 0.15) is 16.9 Å². The quantitative estimate of drug-likeness (QED) is 0.804.